The Bertz CT molecular complexity index is 764. The van der Waals surface area contributed by atoms with Crippen molar-refractivity contribution in [2.24, 2.45) is 0 Å². The van der Waals surface area contributed by atoms with Crippen LogP contribution in [-0.2, 0) is 5.41 Å². The fourth-order valence-corrected chi connectivity index (χ4v) is 3.52. The van der Waals surface area contributed by atoms with Gasteiger partial charge in [-0.25, -0.2) is 0 Å². The van der Waals surface area contributed by atoms with Crippen molar-refractivity contribution in [3.05, 3.63) is 84.0 Å². The molecule has 0 radical (unpaired) electrons. The summed E-state index contributed by atoms with van der Waals surface area (Å²) in [7, 11) is 0. The van der Waals surface area contributed by atoms with Gasteiger partial charge in [0.15, 0.2) is 0 Å². The van der Waals surface area contributed by atoms with Gasteiger partial charge in [-0.15, -0.1) is 0 Å². The van der Waals surface area contributed by atoms with Gasteiger partial charge in [-0.2, -0.15) is 0 Å². The van der Waals surface area contributed by atoms with Crippen molar-refractivity contribution in [1.29, 1.82) is 0 Å². The van der Waals surface area contributed by atoms with Crippen LogP contribution in [0, 0.1) is 0 Å². The first-order valence-corrected chi connectivity index (χ1v) is 10.4. The molecule has 0 aromatic heterocycles. The van der Waals surface area contributed by atoms with E-state index >= 15 is 0 Å². The predicted octanol–water partition coefficient (Wildman–Crippen LogP) is 7.48. The lowest BCUT2D eigenvalue weighted by Crippen LogP contribution is -2.25. The van der Waals surface area contributed by atoms with Crippen LogP contribution in [-0.4, -0.2) is 11.2 Å². The molecule has 0 saturated heterocycles. The summed E-state index contributed by atoms with van der Waals surface area (Å²) in [5.74, 6) is 1.75. The lowest BCUT2D eigenvalue weighted by molar-refractivity contribution is 0.161. The van der Waals surface area contributed by atoms with Crippen LogP contribution in [0.25, 0.3) is 0 Å². The Balaban J connectivity index is 2.18. The van der Waals surface area contributed by atoms with Gasteiger partial charge in [0.2, 0.25) is 0 Å². The molecule has 0 atom stereocenters. The first-order chi connectivity index (χ1) is 13.5. The number of rotatable bonds is 8. The van der Waals surface area contributed by atoms with Crippen molar-refractivity contribution < 1.29 is 9.47 Å². The molecule has 0 saturated carbocycles. The Labute approximate surface area is 177 Å². The van der Waals surface area contributed by atoms with Crippen LogP contribution in [0.4, 0.5) is 0 Å². The third kappa shape index (κ3) is 6.25. The standard InChI is InChI=1S/C27H36O2/c1-9-19-25(3,4)28-23-15-11-21(12-16-23)27(7,8)22-13-17-24(18-14-22)29-26(5,6)20-10-2/h9-20H,1-8H3. The molecule has 2 aromatic rings. The molecule has 2 rings (SSSR count). The van der Waals surface area contributed by atoms with E-state index in [1.807, 2.05) is 26.0 Å². The van der Waals surface area contributed by atoms with Crippen molar-refractivity contribution in [2.75, 3.05) is 0 Å². The van der Waals surface area contributed by atoms with Gasteiger partial charge in [-0.1, -0.05) is 50.3 Å². The lowest BCUT2D eigenvalue weighted by Gasteiger charge is -2.28. The van der Waals surface area contributed by atoms with Crippen molar-refractivity contribution in [1.82, 2.24) is 0 Å². The molecule has 2 heteroatoms. The van der Waals surface area contributed by atoms with Crippen LogP contribution in [0.1, 0.15) is 66.5 Å². The molecular formula is C27H36O2. The summed E-state index contributed by atoms with van der Waals surface area (Å²) in [6.45, 7) is 16.7. The van der Waals surface area contributed by atoms with Crippen LogP contribution in [0.15, 0.2) is 72.8 Å². The van der Waals surface area contributed by atoms with Crippen molar-refractivity contribution in [2.45, 2.75) is 72.0 Å². The van der Waals surface area contributed by atoms with Crippen molar-refractivity contribution >= 4 is 0 Å². The van der Waals surface area contributed by atoms with Gasteiger partial charge in [-0.3, -0.25) is 0 Å². The molecule has 0 aliphatic carbocycles. The molecule has 0 amide bonds. The molecule has 0 spiro atoms. The highest BCUT2D eigenvalue weighted by Crippen LogP contribution is 2.34. The molecule has 0 bridgehead atoms. The summed E-state index contributed by atoms with van der Waals surface area (Å²) >= 11 is 0. The zero-order valence-corrected chi connectivity index (χ0v) is 19.2. The first kappa shape index (κ1) is 22.8. The van der Waals surface area contributed by atoms with Crippen molar-refractivity contribution in [3.8, 4) is 11.5 Å². The minimum Gasteiger partial charge on any atom is -0.484 e. The van der Waals surface area contributed by atoms with Gasteiger partial charge in [0.1, 0.15) is 22.7 Å². The van der Waals surface area contributed by atoms with E-state index < -0.39 is 0 Å². The van der Waals surface area contributed by atoms with Crippen LogP contribution in [0.2, 0.25) is 0 Å². The third-order valence-corrected chi connectivity index (χ3v) is 5.05. The quantitative estimate of drug-likeness (QED) is 0.434. The number of benzene rings is 2. The van der Waals surface area contributed by atoms with Gasteiger partial charge in [0.25, 0.3) is 0 Å². The van der Waals surface area contributed by atoms with Gasteiger partial charge in [0, 0.05) is 5.41 Å². The van der Waals surface area contributed by atoms with E-state index in [0.29, 0.717) is 0 Å². The first-order valence-electron chi connectivity index (χ1n) is 10.4. The largest absolute Gasteiger partial charge is 0.484 e. The summed E-state index contributed by atoms with van der Waals surface area (Å²) < 4.78 is 12.2. The molecule has 0 aliphatic heterocycles. The molecule has 0 N–H and O–H groups in total. The monoisotopic (exact) mass is 392 g/mol. The maximum atomic E-state index is 6.09. The van der Waals surface area contributed by atoms with E-state index in [-0.39, 0.29) is 16.6 Å². The summed E-state index contributed by atoms with van der Waals surface area (Å²) in [6, 6.07) is 16.8. The summed E-state index contributed by atoms with van der Waals surface area (Å²) in [5.41, 5.74) is 1.74. The highest BCUT2D eigenvalue weighted by Gasteiger charge is 2.24. The highest BCUT2D eigenvalue weighted by atomic mass is 16.5. The van der Waals surface area contributed by atoms with Crippen LogP contribution < -0.4 is 9.47 Å². The number of hydrogen-bond acceptors (Lipinski definition) is 2. The minimum atomic E-state index is -0.317. The molecular weight excluding hydrogens is 356 g/mol. The Morgan fingerprint density at radius 1 is 0.552 bits per heavy atom. The zero-order valence-electron chi connectivity index (χ0n) is 19.2. The predicted molar refractivity (Wildman–Crippen MR) is 124 cm³/mol. The van der Waals surface area contributed by atoms with E-state index in [1.165, 1.54) is 11.1 Å². The average Bonchev–Trinajstić information content (AvgIpc) is 2.61. The number of ether oxygens (including phenoxy) is 2. The fraction of sp³-hybridized carbons (Fsp3) is 0.407. The maximum Gasteiger partial charge on any atom is 0.121 e. The van der Waals surface area contributed by atoms with E-state index in [1.54, 1.807) is 0 Å². The van der Waals surface area contributed by atoms with Gasteiger partial charge in [-0.05, 0) is 89.1 Å². The van der Waals surface area contributed by atoms with Crippen LogP contribution in [0.3, 0.4) is 0 Å². The van der Waals surface area contributed by atoms with Gasteiger partial charge >= 0.3 is 0 Å². The van der Waals surface area contributed by atoms with Crippen LogP contribution >= 0.6 is 0 Å². The topological polar surface area (TPSA) is 18.5 Å². The maximum absolute atomic E-state index is 6.09. The van der Waals surface area contributed by atoms with E-state index in [4.69, 9.17) is 9.47 Å². The fourth-order valence-electron chi connectivity index (χ4n) is 3.52. The van der Waals surface area contributed by atoms with E-state index in [2.05, 4.69) is 102 Å². The molecule has 156 valence electrons. The Morgan fingerprint density at radius 2 is 0.862 bits per heavy atom. The molecule has 0 heterocycles. The molecule has 2 nitrogen and oxygen atoms in total. The third-order valence-electron chi connectivity index (χ3n) is 5.05. The number of hydrogen-bond donors (Lipinski definition) is 0. The second-order valence-corrected chi connectivity index (χ2v) is 9.08. The lowest BCUT2D eigenvalue weighted by atomic mass is 9.78. The molecule has 0 fully saturated rings. The zero-order chi connectivity index (χ0) is 21.7. The van der Waals surface area contributed by atoms with Crippen molar-refractivity contribution in [3.63, 3.8) is 0 Å². The highest BCUT2D eigenvalue weighted by molar-refractivity contribution is 5.42. The summed E-state index contributed by atoms with van der Waals surface area (Å²) in [5, 5.41) is 0. The molecule has 2 aromatic carbocycles. The van der Waals surface area contributed by atoms with Crippen LogP contribution in [0.5, 0.6) is 11.5 Å². The van der Waals surface area contributed by atoms with E-state index in [0.717, 1.165) is 11.5 Å². The Hall–Kier alpha value is -2.48. The SMILES string of the molecule is CC=CC(C)(C)Oc1ccc(C(C)(C)c2ccc(OC(C)(C)C=CC)cc2)cc1. The second kappa shape index (κ2) is 8.90. The Kier molecular flexibility index (Phi) is 7.00. The molecule has 29 heavy (non-hydrogen) atoms. The minimum absolute atomic E-state index is 0.116. The second-order valence-electron chi connectivity index (χ2n) is 9.08. The molecule has 0 aliphatic rings. The summed E-state index contributed by atoms with van der Waals surface area (Å²) in [6.07, 6.45) is 8.16. The summed E-state index contributed by atoms with van der Waals surface area (Å²) in [4.78, 5) is 0. The average molecular weight is 393 g/mol. The molecule has 0 unspecified atom stereocenters. The van der Waals surface area contributed by atoms with Gasteiger partial charge in [0.05, 0.1) is 0 Å². The van der Waals surface area contributed by atoms with Gasteiger partial charge < -0.3 is 9.47 Å². The van der Waals surface area contributed by atoms with E-state index in [9.17, 15) is 0 Å². The Morgan fingerprint density at radius 3 is 1.14 bits per heavy atom. The normalized spacial score (nSPS) is 13.2. The number of allylic oxidation sites excluding steroid dienone is 2. The smallest absolute Gasteiger partial charge is 0.121 e.